The number of hydrogen-bond acceptors (Lipinski definition) is 6. The molecular formula is C22H24F2N2O6S. The van der Waals surface area contributed by atoms with Crippen LogP contribution in [0.1, 0.15) is 36.0 Å². The van der Waals surface area contributed by atoms with Crippen LogP contribution in [0, 0.1) is 11.6 Å². The first kappa shape index (κ1) is 24.6. The van der Waals surface area contributed by atoms with Gasteiger partial charge in [0, 0.05) is 19.2 Å². The number of sulfonamides is 1. The number of ether oxygens (including phenoxy) is 2. The third-order valence-electron chi connectivity index (χ3n) is 5.13. The molecule has 1 heterocycles. The van der Waals surface area contributed by atoms with E-state index in [0.29, 0.717) is 13.1 Å². The molecule has 1 aliphatic rings. The highest BCUT2D eigenvalue weighted by atomic mass is 32.2. The Morgan fingerprint density at radius 3 is 2.39 bits per heavy atom. The third-order valence-corrected chi connectivity index (χ3v) is 7.03. The summed E-state index contributed by atoms with van der Waals surface area (Å²) in [6.07, 6.45) is 3.41. The van der Waals surface area contributed by atoms with Crippen LogP contribution in [0.15, 0.2) is 41.3 Å². The fraction of sp³-hybridized carbons (Fsp3) is 0.364. The third kappa shape index (κ3) is 6.05. The largest absolute Gasteiger partial charge is 0.496 e. The number of hydrogen-bond donors (Lipinski definition) is 1. The van der Waals surface area contributed by atoms with Crippen LogP contribution in [0.4, 0.5) is 14.5 Å². The molecule has 33 heavy (non-hydrogen) atoms. The van der Waals surface area contributed by atoms with E-state index < -0.39 is 45.8 Å². The van der Waals surface area contributed by atoms with Gasteiger partial charge >= 0.3 is 5.97 Å². The molecule has 0 atom stereocenters. The topological polar surface area (TPSA) is 102 Å². The van der Waals surface area contributed by atoms with Crippen molar-refractivity contribution in [3.05, 3.63) is 53.6 Å². The summed E-state index contributed by atoms with van der Waals surface area (Å²) in [7, 11) is -2.53. The van der Waals surface area contributed by atoms with E-state index in [1.54, 1.807) is 0 Å². The standard InChI is InChI=1S/C22H24F2N2O6S/c1-31-20-9-7-16(33(29,30)26-10-4-2-3-5-11-26)13-17(20)22(28)32-14-21(27)25-19-12-15(23)6-8-18(19)24/h6-9,12-13H,2-5,10-11,14H2,1H3,(H,25,27). The van der Waals surface area contributed by atoms with Crippen molar-refractivity contribution in [3.63, 3.8) is 0 Å². The summed E-state index contributed by atoms with van der Waals surface area (Å²) in [5.74, 6) is -3.46. The maximum atomic E-state index is 13.7. The Hall–Kier alpha value is -3.05. The van der Waals surface area contributed by atoms with E-state index in [2.05, 4.69) is 5.32 Å². The molecule has 0 spiro atoms. The van der Waals surface area contributed by atoms with Crippen molar-refractivity contribution in [3.8, 4) is 5.75 Å². The lowest BCUT2D eigenvalue weighted by atomic mass is 10.2. The number of esters is 1. The normalized spacial score (nSPS) is 14.9. The fourth-order valence-corrected chi connectivity index (χ4v) is 4.97. The van der Waals surface area contributed by atoms with Crippen LogP contribution in [-0.4, -0.2) is 51.4 Å². The SMILES string of the molecule is COc1ccc(S(=O)(=O)N2CCCCCC2)cc1C(=O)OCC(=O)Nc1cc(F)ccc1F. The van der Waals surface area contributed by atoms with Crippen molar-refractivity contribution in [2.24, 2.45) is 0 Å². The molecule has 0 aromatic heterocycles. The first-order valence-electron chi connectivity index (χ1n) is 10.3. The molecule has 1 aliphatic heterocycles. The van der Waals surface area contributed by atoms with Gasteiger partial charge in [0.15, 0.2) is 6.61 Å². The molecule has 0 radical (unpaired) electrons. The number of benzene rings is 2. The lowest BCUT2D eigenvalue weighted by Gasteiger charge is -2.20. The summed E-state index contributed by atoms with van der Waals surface area (Å²) in [5.41, 5.74) is -0.586. The number of halogens is 2. The maximum absolute atomic E-state index is 13.7. The van der Waals surface area contributed by atoms with Crippen molar-refractivity contribution in [1.29, 1.82) is 0 Å². The lowest BCUT2D eigenvalue weighted by molar-refractivity contribution is -0.119. The molecule has 0 saturated carbocycles. The van der Waals surface area contributed by atoms with Gasteiger partial charge in [-0.25, -0.2) is 22.0 Å². The molecular weight excluding hydrogens is 458 g/mol. The van der Waals surface area contributed by atoms with Crippen LogP contribution in [0.5, 0.6) is 5.75 Å². The quantitative estimate of drug-likeness (QED) is 0.608. The smallest absolute Gasteiger partial charge is 0.342 e. The van der Waals surface area contributed by atoms with Gasteiger partial charge in [-0.3, -0.25) is 4.79 Å². The molecule has 1 N–H and O–H groups in total. The van der Waals surface area contributed by atoms with E-state index in [9.17, 15) is 26.8 Å². The summed E-state index contributed by atoms with van der Waals surface area (Å²) in [6, 6.07) is 6.35. The summed E-state index contributed by atoms with van der Waals surface area (Å²) >= 11 is 0. The molecule has 0 bridgehead atoms. The first-order chi connectivity index (χ1) is 15.7. The van der Waals surface area contributed by atoms with E-state index in [1.807, 2.05) is 0 Å². The van der Waals surface area contributed by atoms with Crippen molar-refractivity contribution in [1.82, 2.24) is 4.31 Å². The van der Waals surface area contributed by atoms with Gasteiger partial charge in [-0.1, -0.05) is 12.8 Å². The Balaban J connectivity index is 1.74. The average Bonchev–Trinajstić information content (AvgIpc) is 3.09. The maximum Gasteiger partial charge on any atom is 0.342 e. The van der Waals surface area contributed by atoms with Crippen LogP contribution in [0.2, 0.25) is 0 Å². The number of anilines is 1. The molecule has 2 aromatic rings. The monoisotopic (exact) mass is 482 g/mol. The van der Waals surface area contributed by atoms with Crippen LogP contribution < -0.4 is 10.1 Å². The van der Waals surface area contributed by atoms with Gasteiger partial charge in [-0.15, -0.1) is 0 Å². The second-order valence-corrected chi connectivity index (χ2v) is 9.37. The van der Waals surface area contributed by atoms with E-state index in [4.69, 9.17) is 9.47 Å². The predicted octanol–water partition coefficient (Wildman–Crippen LogP) is 3.33. The highest BCUT2D eigenvalue weighted by Gasteiger charge is 2.27. The molecule has 11 heteroatoms. The second kappa shape index (κ2) is 10.7. The number of nitrogens with one attached hydrogen (secondary N) is 1. The number of carbonyl (C=O) groups is 2. The number of nitrogens with zero attached hydrogens (tertiary/aromatic N) is 1. The average molecular weight is 483 g/mol. The summed E-state index contributed by atoms with van der Waals surface area (Å²) in [5, 5.41) is 2.11. The molecule has 8 nitrogen and oxygen atoms in total. The molecule has 0 aliphatic carbocycles. The summed E-state index contributed by atoms with van der Waals surface area (Å²) < 4.78 is 64.5. The molecule has 3 rings (SSSR count). The van der Waals surface area contributed by atoms with Gasteiger partial charge < -0.3 is 14.8 Å². The van der Waals surface area contributed by atoms with Gasteiger partial charge in [0.2, 0.25) is 10.0 Å². The van der Waals surface area contributed by atoms with Crippen LogP contribution >= 0.6 is 0 Å². The van der Waals surface area contributed by atoms with E-state index in [0.717, 1.165) is 49.9 Å². The van der Waals surface area contributed by atoms with Crippen molar-refractivity contribution >= 4 is 27.6 Å². The van der Waals surface area contributed by atoms with Gasteiger partial charge in [0.1, 0.15) is 22.9 Å². The van der Waals surface area contributed by atoms with Gasteiger partial charge in [-0.2, -0.15) is 4.31 Å². The molecule has 2 aromatic carbocycles. The number of methoxy groups -OCH3 is 1. The van der Waals surface area contributed by atoms with Gasteiger partial charge in [0.25, 0.3) is 5.91 Å². The first-order valence-corrected chi connectivity index (χ1v) is 11.8. The zero-order valence-corrected chi connectivity index (χ0v) is 18.8. The van der Waals surface area contributed by atoms with Crippen molar-refractivity contribution in [2.45, 2.75) is 30.6 Å². The predicted molar refractivity (Wildman–Crippen MR) is 115 cm³/mol. The summed E-state index contributed by atoms with van der Waals surface area (Å²) in [6.45, 7) is -0.0169. The van der Waals surface area contributed by atoms with E-state index in [-0.39, 0.29) is 16.2 Å². The minimum atomic E-state index is -3.83. The zero-order chi connectivity index (χ0) is 24.0. The Morgan fingerprint density at radius 1 is 1.03 bits per heavy atom. The Bertz CT molecular complexity index is 1130. The number of carbonyl (C=O) groups excluding carboxylic acids is 2. The minimum Gasteiger partial charge on any atom is -0.496 e. The second-order valence-electron chi connectivity index (χ2n) is 7.43. The van der Waals surface area contributed by atoms with E-state index >= 15 is 0 Å². The van der Waals surface area contributed by atoms with Gasteiger partial charge in [0.05, 0.1) is 17.7 Å². The molecule has 0 unspecified atom stereocenters. The number of rotatable bonds is 7. The van der Waals surface area contributed by atoms with Crippen molar-refractivity contribution in [2.75, 3.05) is 32.1 Å². The van der Waals surface area contributed by atoms with Crippen LogP contribution in [-0.2, 0) is 19.6 Å². The molecule has 1 amide bonds. The summed E-state index contributed by atoms with van der Waals surface area (Å²) in [4.78, 5) is 24.5. The Morgan fingerprint density at radius 2 is 1.73 bits per heavy atom. The molecule has 178 valence electrons. The molecule has 1 saturated heterocycles. The highest BCUT2D eigenvalue weighted by Crippen LogP contribution is 2.27. The van der Waals surface area contributed by atoms with E-state index in [1.165, 1.54) is 23.5 Å². The Kier molecular flexibility index (Phi) is 7.98. The fourth-order valence-electron chi connectivity index (χ4n) is 3.43. The van der Waals surface area contributed by atoms with Crippen LogP contribution in [0.3, 0.4) is 0 Å². The van der Waals surface area contributed by atoms with Crippen molar-refractivity contribution < 1.29 is 36.3 Å². The minimum absolute atomic E-state index is 0.0615. The zero-order valence-electron chi connectivity index (χ0n) is 18.0. The Labute approximate surface area is 190 Å². The van der Waals surface area contributed by atoms with Crippen LogP contribution in [0.25, 0.3) is 0 Å². The number of amides is 1. The lowest BCUT2D eigenvalue weighted by Crippen LogP contribution is -2.32. The van der Waals surface area contributed by atoms with Gasteiger partial charge in [-0.05, 0) is 43.2 Å². The molecule has 1 fully saturated rings. The highest BCUT2D eigenvalue weighted by molar-refractivity contribution is 7.89.